The molecule has 166 valence electrons. The maximum absolute atomic E-state index is 13.1. The quantitative estimate of drug-likeness (QED) is 0.217. The average Bonchev–Trinajstić information content (AvgIpc) is 2.75. The lowest BCUT2D eigenvalue weighted by molar-refractivity contribution is 0.405. The van der Waals surface area contributed by atoms with Crippen molar-refractivity contribution in [3.63, 3.8) is 0 Å². The van der Waals surface area contributed by atoms with Crippen molar-refractivity contribution in [3.05, 3.63) is 65.3 Å². The molecule has 0 atom stereocenters. The molecule has 32 heavy (non-hydrogen) atoms. The van der Waals surface area contributed by atoms with Crippen LogP contribution in [0.2, 0.25) is 0 Å². The minimum atomic E-state index is -4.25. The molecule has 0 saturated heterocycles. The molecule has 0 aliphatic heterocycles. The first-order valence-corrected chi connectivity index (χ1v) is 13.9. The van der Waals surface area contributed by atoms with Gasteiger partial charge < -0.3 is 13.9 Å². The zero-order valence-corrected chi connectivity index (χ0v) is 21.9. The van der Waals surface area contributed by atoms with Crippen molar-refractivity contribution in [2.75, 3.05) is 14.2 Å². The maximum Gasteiger partial charge on any atom is 0.351 e. The first-order chi connectivity index (χ1) is 15.2. The van der Waals surface area contributed by atoms with Gasteiger partial charge in [-0.1, -0.05) is 43.2 Å². The summed E-state index contributed by atoms with van der Waals surface area (Å²) in [6.07, 6.45) is 0. The minimum Gasteiger partial charge on any atom is -0.495 e. The van der Waals surface area contributed by atoms with E-state index in [0.717, 1.165) is 11.3 Å². The molecule has 0 amide bonds. The lowest BCUT2D eigenvalue weighted by Crippen LogP contribution is -2.11. The highest BCUT2D eigenvalue weighted by atomic mass is 79.9. The summed E-state index contributed by atoms with van der Waals surface area (Å²) in [5, 5.41) is 0.962. The summed E-state index contributed by atoms with van der Waals surface area (Å²) in [5.41, 5.74) is -0.677. The van der Waals surface area contributed by atoms with Gasteiger partial charge in [-0.2, -0.15) is 0 Å². The van der Waals surface area contributed by atoms with E-state index in [4.69, 9.17) is 13.9 Å². The van der Waals surface area contributed by atoms with E-state index in [1.807, 2.05) is 0 Å². The van der Waals surface area contributed by atoms with Gasteiger partial charge in [-0.3, -0.25) is 4.79 Å². The van der Waals surface area contributed by atoms with Crippen LogP contribution in [-0.2, 0) is 8.87 Å². The first-order valence-electron chi connectivity index (χ1n) is 8.71. The summed E-state index contributed by atoms with van der Waals surface area (Å²) in [4.78, 5) is 24.6. The predicted octanol–water partition coefficient (Wildman–Crippen LogP) is 5.39. The molecule has 0 fully saturated rings. The summed E-state index contributed by atoms with van der Waals surface area (Å²) in [6.45, 7) is 0. The Morgan fingerprint density at radius 2 is 1.56 bits per heavy atom. The van der Waals surface area contributed by atoms with Crippen molar-refractivity contribution in [1.29, 1.82) is 0 Å². The fraction of sp³-hybridized carbons (Fsp3) is 0.100. The molecule has 0 bridgehead atoms. The summed E-state index contributed by atoms with van der Waals surface area (Å²) in [7, 11) is -1.08. The average molecular weight is 620 g/mol. The molecule has 2 heterocycles. The molecule has 12 heteroatoms. The van der Waals surface area contributed by atoms with Crippen molar-refractivity contribution < 1.29 is 22.3 Å². The molecule has 0 aliphatic carbocycles. The Morgan fingerprint density at radius 1 is 0.938 bits per heavy atom. The van der Waals surface area contributed by atoms with Crippen LogP contribution in [0.15, 0.2) is 69.1 Å². The Morgan fingerprint density at radius 3 is 2.22 bits per heavy atom. The highest BCUT2D eigenvalue weighted by molar-refractivity contribution is 9.11. The van der Waals surface area contributed by atoms with Gasteiger partial charge in [0.1, 0.15) is 15.5 Å². The number of benzene rings is 2. The molecular weight excluding hydrogens is 608 g/mol. The number of ether oxygens (including phenoxy) is 2. The minimum absolute atomic E-state index is 0.180. The number of fused-ring (bicyclic) bond motifs is 2. The van der Waals surface area contributed by atoms with Gasteiger partial charge in [-0.05, 0) is 36.4 Å². The number of rotatable bonds is 5. The topological polar surface area (TPSA) is 99.9 Å². The number of hydrogen-bond donors (Lipinski definition) is 0. The van der Waals surface area contributed by atoms with Crippen LogP contribution in [0.25, 0.3) is 21.1 Å². The van der Waals surface area contributed by atoms with Crippen molar-refractivity contribution in [2.24, 2.45) is 0 Å². The van der Waals surface area contributed by atoms with E-state index in [1.165, 1.54) is 26.4 Å². The van der Waals surface area contributed by atoms with Crippen molar-refractivity contribution in [3.8, 4) is 11.5 Å². The molecule has 0 N–H and O–H groups in total. The smallest absolute Gasteiger partial charge is 0.351 e. The normalized spacial score (nSPS) is 11.8. The Kier molecular flexibility index (Phi) is 6.43. The highest BCUT2D eigenvalue weighted by Crippen LogP contribution is 2.38. The summed E-state index contributed by atoms with van der Waals surface area (Å²) >= 11 is 7.50. The van der Waals surface area contributed by atoms with Gasteiger partial charge in [0.15, 0.2) is 11.3 Å². The molecule has 4 rings (SSSR count). The van der Waals surface area contributed by atoms with Gasteiger partial charge >= 0.3 is 5.63 Å². The molecule has 4 aromatic rings. The van der Waals surface area contributed by atoms with E-state index in [9.17, 15) is 18.0 Å². The molecule has 0 spiro atoms. The fourth-order valence-electron chi connectivity index (χ4n) is 2.97. The molecule has 2 aromatic carbocycles. The second kappa shape index (κ2) is 8.82. The number of halogens is 2. The van der Waals surface area contributed by atoms with Crippen LogP contribution < -0.4 is 19.8 Å². The molecule has 2 aromatic heterocycles. The van der Waals surface area contributed by atoms with Gasteiger partial charge in [-0.15, -0.1) is 0 Å². The number of hydrogen-bond acceptors (Lipinski definition) is 9. The third-order valence-corrected chi connectivity index (χ3v) is 10.3. The second-order valence-electron chi connectivity index (χ2n) is 6.32. The zero-order valence-electron chi connectivity index (χ0n) is 16.3. The van der Waals surface area contributed by atoms with E-state index in [-0.39, 0.29) is 21.3 Å². The van der Waals surface area contributed by atoms with Gasteiger partial charge in [0.05, 0.1) is 18.9 Å². The Balaban J connectivity index is 1.87. The molecule has 0 radical (unpaired) electrons. The third-order valence-electron chi connectivity index (χ3n) is 4.46. The van der Waals surface area contributed by atoms with Gasteiger partial charge in [0, 0.05) is 30.5 Å². The van der Waals surface area contributed by atoms with E-state index in [1.54, 1.807) is 24.3 Å². The molecule has 0 saturated carbocycles. The highest BCUT2D eigenvalue weighted by Gasteiger charge is 2.25. The number of methoxy groups -OCH3 is 2. The molecule has 7 nitrogen and oxygen atoms in total. The van der Waals surface area contributed by atoms with E-state index >= 15 is 0 Å². The lowest BCUT2D eigenvalue weighted by atomic mass is 10.2. The lowest BCUT2D eigenvalue weighted by Gasteiger charge is -2.09. The van der Waals surface area contributed by atoms with Crippen LogP contribution >= 0.6 is 54.0 Å². The fourth-order valence-corrected chi connectivity index (χ4v) is 8.23. The van der Waals surface area contributed by atoms with Crippen molar-refractivity contribution >= 4 is 83.9 Å². The summed E-state index contributed by atoms with van der Waals surface area (Å²) in [5.74, 6) is 0.785. The van der Waals surface area contributed by atoms with E-state index in [2.05, 4.69) is 31.9 Å². The van der Waals surface area contributed by atoms with Crippen LogP contribution in [0, 0.1) is 0 Å². The Labute approximate surface area is 205 Å². The van der Waals surface area contributed by atoms with Crippen molar-refractivity contribution in [1.82, 2.24) is 0 Å². The van der Waals surface area contributed by atoms with Crippen LogP contribution in [0.1, 0.15) is 0 Å². The van der Waals surface area contributed by atoms with Crippen LogP contribution in [-0.4, -0.2) is 22.6 Å². The maximum atomic E-state index is 13.1. The third kappa shape index (κ3) is 4.10. The monoisotopic (exact) mass is 618 g/mol. The molecular formula is C20H12Br2O7S3. The SMILES string of the molecule is COc1ccc(Br)c2cc(SS(=O)(=O)c3cc4c(Br)ccc(OC)c4sc3=O)c(=O)oc12. The van der Waals surface area contributed by atoms with Crippen LogP contribution in [0.3, 0.4) is 0 Å². The Hall–Kier alpha value is -1.86. The molecule has 0 aliphatic rings. The standard InChI is InChI=1S/C20H12Br2O7S3/c1-27-13-5-3-11(21)9-7-15(19(23)29-17(9)13)31-32(25,26)16-8-10-12(22)4-6-14(28-2)18(10)30-20(16)24/h3-8H,1-2H3. The summed E-state index contributed by atoms with van der Waals surface area (Å²) < 4.78 is 43.1. The largest absolute Gasteiger partial charge is 0.495 e. The predicted molar refractivity (Wildman–Crippen MR) is 132 cm³/mol. The molecule has 0 unspecified atom stereocenters. The van der Waals surface area contributed by atoms with E-state index in [0.29, 0.717) is 35.9 Å². The van der Waals surface area contributed by atoms with Crippen LogP contribution in [0.5, 0.6) is 11.5 Å². The van der Waals surface area contributed by atoms with Gasteiger partial charge in [-0.25, -0.2) is 13.2 Å². The van der Waals surface area contributed by atoms with Crippen LogP contribution in [0.4, 0.5) is 0 Å². The van der Waals surface area contributed by atoms with Gasteiger partial charge in [0.25, 0.3) is 4.74 Å². The first kappa shape index (κ1) is 23.3. The van der Waals surface area contributed by atoms with Gasteiger partial charge in [0.2, 0.25) is 8.87 Å². The van der Waals surface area contributed by atoms with E-state index < -0.39 is 24.1 Å². The Bertz CT molecular complexity index is 1610. The second-order valence-corrected chi connectivity index (χ2v) is 12.8. The summed E-state index contributed by atoms with van der Waals surface area (Å²) in [6, 6.07) is 9.36. The zero-order chi connectivity index (χ0) is 23.2. The van der Waals surface area contributed by atoms with Crippen molar-refractivity contribution in [2.45, 2.75) is 9.79 Å².